The van der Waals surface area contributed by atoms with E-state index in [9.17, 15) is 9.59 Å². The summed E-state index contributed by atoms with van der Waals surface area (Å²) in [7, 11) is 0. The molecular weight excluding hydrogens is 304 g/mol. The molecule has 1 saturated heterocycles. The minimum Gasteiger partial charge on any atom is -0.494 e. The fraction of sp³-hybridized carbons (Fsp3) is 0.500. The van der Waals surface area contributed by atoms with Crippen LogP contribution in [-0.4, -0.2) is 36.4 Å². The Kier molecular flexibility index (Phi) is 5.66. The molecule has 120 valence electrons. The highest BCUT2D eigenvalue weighted by molar-refractivity contribution is 6.31. The molecule has 1 aliphatic rings. The van der Waals surface area contributed by atoms with Gasteiger partial charge in [0.1, 0.15) is 5.75 Å². The lowest BCUT2D eigenvalue weighted by atomic mass is 10.1. The topological polar surface area (TPSA) is 72.6 Å². The van der Waals surface area contributed by atoms with Crippen molar-refractivity contribution in [1.82, 2.24) is 4.90 Å². The van der Waals surface area contributed by atoms with Gasteiger partial charge in [0.15, 0.2) is 0 Å². The Balaban J connectivity index is 1.69. The molecule has 0 aromatic heterocycles. The Morgan fingerprint density at radius 2 is 2.23 bits per heavy atom. The molecule has 5 nitrogen and oxygen atoms in total. The summed E-state index contributed by atoms with van der Waals surface area (Å²) in [5.74, 6) is 0.290. The van der Waals surface area contributed by atoms with Gasteiger partial charge in [-0.1, -0.05) is 11.6 Å². The van der Waals surface area contributed by atoms with Crippen LogP contribution in [0, 0.1) is 12.8 Å². The first-order valence-electron chi connectivity index (χ1n) is 7.43. The Morgan fingerprint density at radius 1 is 1.45 bits per heavy atom. The molecule has 0 radical (unpaired) electrons. The first kappa shape index (κ1) is 16.6. The number of hydrogen-bond acceptors (Lipinski definition) is 3. The second-order valence-corrected chi connectivity index (χ2v) is 6.00. The lowest BCUT2D eigenvalue weighted by molar-refractivity contribution is -0.130. The number of likely N-dealkylation sites (tertiary alicyclic amines) is 1. The lowest BCUT2D eigenvalue weighted by Crippen LogP contribution is -2.31. The van der Waals surface area contributed by atoms with Crippen molar-refractivity contribution in [3.8, 4) is 5.75 Å². The molecule has 1 atom stereocenters. The molecule has 6 heteroatoms. The molecular formula is C16H21ClN2O3. The maximum Gasteiger partial charge on any atom is 0.222 e. The Morgan fingerprint density at radius 3 is 2.86 bits per heavy atom. The van der Waals surface area contributed by atoms with Gasteiger partial charge in [0.2, 0.25) is 11.8 Å². The molecule has 0 saturated carbocycles. The minimum absolute atomic E-state index is 0.0552. The van der Waals surface area contributed by atoms with Crippen molar-refractivity contribution >= 4 is 23.4 Å². The van der Waals surface area contributed by atoms with Crippen LogP contribution in [-0.2, 0) is 9.59 Å². The Hall–Kier alpha value is -1.75. The average molecular weight is 325 g/mol. The van der Waals surface area contributed by atoms with Crippen molar-refractivity contribution in [2.45, 2.75) is 26.2 Å². The van der Waals surface area contributed by atoms with Gasteiger partial charge in [-0.15, -0.1) is 0 Å². The molecule has 1 unspecified atom stereocenters. The second-order valence-electron chi connectivity index (χ2n) is 5.59. The van der Waals surface area contributed by atoms with Crippen molar-refractivity contribution < 1.29 is 14.3 Å². The third-order valence-electron chi connectivity index (χ3n) is 3.88. The first-order chi connectivity index (χ1) is 10.5. The fourth-order valence-corrected chi connectivity index (χ4v) is 2.62. The van der Waals surface area contributed by atoms with Gasteiger partial charge in [0.05, 0.1) is 12.5 Å². The maximum atomic E-state index is 12.0. The van der Waals surface area contributed by atoms with Crippen LogP contribution in [0.5, 0.6) is 5.75 Å². The number of amides is 2. The van der Waals surface area contributed by atoms with E-state index in [1.165, 1.54) is 0 Å². The highest BCUT2D eigenvalue weighted by atomic mass is 35.5. The summed E-state index contributed by atoms with van der Waals surface area (Å²) in [5.41, 5.74) is 6.23. The number of nitrogens with zero attached hydrogens (tertiary/aromatic N) is 1. The van der Waals surface area contributed by atoms with Gasteiger partial charge < -0.3 is 15.4 Å². The van der Waals surface area contributed by atoms with Crippen LogP contribution >= 0.6 is 11.6 Å². The van der Waals surface area contributed by atoms with Gasteiger partial charge in [-0.05, 0) is 43.5 Å². The van der Waals surface area contributed by atoms with Gasteiger partial charge in [0, 0.05) is 24.5 Å². The van der Waals surface area contributed by atoms with E-state index in [0.717, 1.165) is 11.3 Å². The van der Waals surface area contributed by atoms with Gasteiger partial charge in [-0.25, -0.2) is 0 Å². The molecule has 1 fully saturated rings. The average Bonchev–Trinajstić information content (AvgIpc) is 2.97. The van der Waals surface area contributed by atoms with Crippen LogP contribution < -0.4 is 10.5 Å². The largest absolute Gasteiger partial charge is 0.494 e. The van der Waals surface area contributed by atoms with Gasteiger partial charge in [-0.3, -0.25) is 9.59 Å². The number of carbonyl (C=O) groups excluding carboxylic acids is 2. The van der Waals surface area contributed by atoms with Crippen molar-refractivity contribution in [3.63, 3.8) is 0 Å². The number of aryl methyl sites for hydroxylation is 1. The number of primary amides is 1. The van der Waals surface area contributed by atoms with Crippen molar-refractivity contribution in [2.75, 3.05) is 19.7 Å². The monoisotopic (exact) mass is 324 g/mol. The zero-order chi connectivity index (χ0) is 16.1. The number of ether oxygens (including phenoxy) is 1. The van der Waals surface area contributed by atoms with E-state index in [2.05, 4.69) is 0 Å². The lowest BCUT2D eigenvalue weighted by Gasteiger charge is -2.16. The molecule has 1 aromatic rings. The first-order valence-corrected chi connectivity index (χ1v) is 7.81. The van der Waals surface area contributed by atoms with Crippen LogP contribution in [0.25, 0.3) is 0 Å². The molecule has 1 heterocycles. The molecule has 1 aromatic carbocycles. The Labute approximate surface area is 135 Å². The van der Waals surface area contributed by atoms with Gasteiger partial charge in [-0.2, -0.15) is 0 Å². The van der Waals surface area contributed by atoms with Gasteiger partial charge >= 0.3 is 0 Å². The molecule has 2 N–H and O–H groups in total. The number of rotatable bonds is 6. The third-order valence-corrected chi connectivity index (χ3v) is 4.30. The molecule has 2 amide bonds. The second kappa shape index (κ2) is 7.49. The van der Waals surface area contributed by atoms with E-state index in [0.29, 0.717) is 44.0 Å². The van der Waals surface area contributed by atoms with E-state index in [-0.39, 0.29) is 17.7 Å². The highest BCUT2D eigenvalue weighted by Gasteiger charge is 2.29. The number of benzene rings is 1. The van der Waals surface area contributed by atoms with Crippen LogP contribution in [0.2, 0.25) is 5.02 Å². The molecule has 0 aliphatic carbocycles. The Bertz CT molecular complexity index is 562. The van der Waals surface area contributed by atoms with Crippen LogP contribution in [0.4, 0.5) is 0 Å². The number of carbonyl (C=O) groups is 2. The number of nitrogens with two attached hydrogens (primary N) is 1. The number of hydrogen-bond donors (Lipinski definition) is 1. The van der Waals surface area contributed by atoms with Crippen LogP contribution in [0.1, 0.15) is 24.8 Å². The third kappa shape index (κ3) is 4.37. The summed E-state index contributed by atoms with van der Waals surface area (Å²) >= 11 is 5.95. The summed E-state index contributed by atoms with van der Waals surface area (Å²) in [6.07, 6.45) is 1.72. The fourth-order valence-electron chi connectivity index (χ4n) is 2.50. The maximum absolute atomic E-state index is 12.0. The SMILES string of the molecule is Cc1cc(OCCCC(=O)N2CCC(C(N)=O)C2)ccc1Cl. The van der Waals surface area contributed by atoms with Crippen LogP contribution in [0.15, 0.2) is 18.2 Å². The number of halogens is 1. The predicted molar refractivity (Wildman–Crippen MR) is 84.8 cm³/mol. The molecule has 0 spiro atoms. The molecule has 1 aliphatic heterocycles. The van der Waals surface area contributed by atoms with E-state index in [1.807, 2.05) is 19.1 Å². The van der Waals surface area contributed by atoms with Crippen molar-refractivity contribution in [1.29, 1.82) is 0 Å². The summed E-state index contributed by atoms with van der Waals surface area (Å²) in [6, 6.07) is 5.49. The molecule has 22 heavy (non-hydrogen) atoms. The zero-order valence-corrected chi connectivity index (χ0v) is 13.4. The molecule has 0 bridgehead atoms. The minimum atomic E-state index is -0.322. The van der Waals surface area contributed by atoms with Crippen LogP contribution in [0.3, 0.4) is 0 Å². The summed E-state index contributed by atoms with van der Waals surface area (Å²) in [6.45, 7) is 3.45. The van der Waals surface area contributed by atoms with E-state index in [1.54, 1.807) is 11.0 Å². The van der Waals surface area contributed by atoms with E-state index in [4.69, 9.17) is 22.1 Å². The smallest absolute Gasteiger partial charge is 0.222 e. The standard InChI is InChI=1S/C16H21ClN2O3/c1-11-9-13(4-5-14(11)17)22-8-2-3-15(20)19-7-6-12(10-19)16(18)21/h4-5,9,12H,2-3,6-8,10H2,1H3,(H2,18,21). The van der Waals surface area contributed by atoms with Crippen molar-refractivity contribution in [2.24, 2.45) is 11.7 Å². The summed E-state index contributed by atoms with van der Waals surface area (Å²) in [4.78, 5) is 24.8. The normalized spacial score (nSPS) is 17.5. The predicted octanol–water partition coefficient (Wildman–Crippen LogP) is 2.14. The quantitative estimate of drug-likeness (QED) is 0.815. The highest BCUT2D eigenvalue weighted by Crippen LogP contribution is 2.21. The molecule has 2 rings (SSSR count). The summed E-state index contributed by atoms with van der Waals surface area (Å²) in [5, 5.41) is 0.709. The van der Waals surface area contributed by atoms with Crippen molar-refractivity contribution in [3.05, 3.63) is 28.8 Å². The van der Waals surface area contributed by atoms with E-state index >= 15 is 0 Å². The zero-order valence-electron chi connectivity index (χ0n) is 12.7. The van der Waals surface area contributed by atoms with Gasteiger partial charge in [0.25, 0.3) is 0 Å². The summed E-state index contributed by atoms with van der Waals surface area (Å²) < 4.78 is 5.61. The van der Waals surface area contributed by atoms with E-state index < -0.39 is 0 Å².